The van der Waals surface area contributed by atoms with E-state index in [1.807, 2.05) is 13.8 Å². The Morgan fingerprint density at radius 3 is 2.48 bits per heavy atom. The smallest absolute Gasteiger partial charge is 0.341 e. The molecule has 23 heavy (non-hydrogen) atoms. The van der Waals surface area contributed by atoms with Crippen molar-refractivity contribution in [2.45, 2.75) is 26.5 Å². The summed E-state index contributed by atoms with van der Waals surface area (Å²) in [7, 11) is 1.59. The fourth-order valence-corrected chi connectivity index (χ4v) is 1.85. The van der Waals surface area contributed by atoms with Gasteiger partial charge in [0, 0.05) is 12.2 Å². The maximum Gasteiger partial charge on any atom is 0.341 e. The highest BCUT2D eigenvalue weighted by molar-refractivity contribution is 5.92. The van der Waals surface area contributed by atoms with E-state index in [0.717, 1.165) is 5.75 Å². The quantitative estimate of drug-likeness (QED) is 0.810. The molecule has 2 N–H and O–H groups in total. The molecule has 0 bridgehead atoms. The van der Waals surface area contributed by atoms with E-state index >= 15 is 0 Å². The summed E-state index contributed by atoms with van der Waals surface area (Å²) in [4.78, 5) is 19.5. The summed E-state index contributed by atoms with van der Waals surface area (Å²) in [6.45, 7) is 3.95. The second-order valence-corrected chi connectivity index (χ2v) is 5.12. The van der Waals surface area contributed by atoms with Gasteiger partial charge in [-0.05, 0) is 38.1 Å². The summed E-state index contributed by atoms with van der Waals surface area (Å²) in [6.07, 6.45) is 1.28. The van der Waals surface area contributed by atoms with Crippen molar-refractivity contribution >= 4 is 11.8 Å². The third-order valence-corrected chi connectivity index (χ3v) is 2.92. The largest absolute Gasteiger partial charge is 0.497 e. The number of aromatic nitrogens is 2. The Morgan fingerprint density at radius 2 is 1.91 bits per heavy atom. The molecule has 0 saturated heterocycles. The number of rotatable bonds is 7. The van der Waals surface area contributed by atoms with Crippen molar-refractivity contribution in [3.63, 3.8) is 0 Å². The molecule has 1 aromatic heterocycles. The SMILES string of the molecule is COc1ccc(OCc2ncc(C(=O)O)c(NC(C)C)n2)cc1. The van der Waals surface area contributed by atoms with Crippen LogP contribution in [0.4, 0.5) is 5.82 Å². The van der Waals surface area contributed by atoms with Gasteiger partial charge < -0.3 is 19.9 Å². The van der Waals surface area contributed by atoms with Gasteiger partial charge in [-0.15, -0.1) is 0 Å². The zero-order chi connectivity index (χ0) is 16.8. The highest BCUT2D eigenvalue weighted by atomic mass is 16.5. The van der Waals surface area contributed by atoms with Crippen molar-refractivity contribution in [1.82, 2.24) is 9.97 Å². The van der Waals surface area contributed by atoms with Gasteiger partial charge in [-0.1, -0.05) is 0 Å². The molecule has 2 rings (SSSR count). The van der Waals surface area contributed by atoms with E-state index in [9.17, 15) is 4.79 Å². The van der Waals surface area contributed by atoms with E-state index in [-0.39, 0.29) is 24.0 Å². The second kappa shape index (κ2) is 7.44. The predicted octanol–water partition coefficient (Wildman–Crippen LogP) is 2.58. The lowest BCUT2D eigenvalue weighted by Gasteiger charge is -2.13. The zero-order valence-corrected chi connectivity index (χ0v) is 13.2. The fourth-order valence-electron chi connectivity index (χ4n) is 1.85. The van der Waals surface area contributed by atoms with Gasteiger partial charge in [0.1, 0.15) is 29.5 Å². The molecule has 122 valence electrons. The van der Waals surface area contributed by atoms with Crippen LogP contribution in [0.2, 0.25) is 0 Å². The van der Waals surface area contributed by atoms with Gasteiger partial charge in [-0.3, -0.25) is 0 Å². The lowest BCUT2D eigenvalue weighted by molar-refractivity contribution is 0.0697. The van der Waals surface area contributed by atoms with E-state index in [1.165, 1.54) is 6.20 Å². The average molecular weight is 317 g/mol. The number of benzene rings is 1. The minimum Gasteiger partial charge on any atom is -0.497 e. The molecule has 0 aliphatic rings. The second-order valence-electron chi connectivity index (χ2n) is 5.12. The van der Waals surface area contributed by atoms with Gasteiger partial charge >= 0.3 is 5.97 Å². The zero-order valence-electron chi connectivity index (χ0n) is 13.2. The normalized spacial score (nSPS) is 10.4. The minimum atomic E-state index is -1.07. The molecule has 0 amide bonds. The summed E-state index contributed by atoms with van der Waals surface area (Å²) < 4.78 is 10.7. The van der Waals surface area contributed by atoms with Crippen molar-refractivity contribution in [3.8, 4) is 11.5 Å². The van der Waals surface area contributed by atoms with E-state index in [0.29, 0.717) is 11.6 Å². The molecule has 0 atom stereocenters. The van der Waals surface area contributed by atoms with Crippen LogP contribution in [-0.2, 0) is 6.61 Å². The molecule has 0 aliphatic carbocycles. The Hall–Kier alpha value is -2.83. The van der Waals surface area contributed by atoms with Crippen LogP contribution < -0.4 is 14.8 Å². The van der Waals surface area contributed by atoms with E-state index in [1.54, 1.807) is 31.4 Å². The summed E-state index contributed by atoms with van der Waals surface area (Å²) >= 11 is 0. The Bertz CT molecular complexity index is 672. The molecule has 0 aliphatic heterocycles. The number of carboxylic acids is 1. The topological polar surface area (TPSA) is 93.6 Å². The molecule has 1 aromatic carbocycles. The standard InChI is InChI=1S/C16H19N3O4/c1-10(2)18-15-13(16(20)21)8-17-14(19-15)9-23-12-6-4-11(22-3)5-7-12/h4-8,10H,9H2,1-3H3,(H,20,21)(H,17,18,19). The molecule has 0 unspecified atom stereocenters. The molecular weight excluding hydrogens is 298 g/mol. The molecule has 0 fully saturated rings. The van der Waals surface area contributed by atoms with Crippen LogP contribution in [0.25, 0.3) is 0 Å². The highest BCUT2D eigenvalue weighted by Gasteiger charge is 2.14. The van der Waals surface area contributed by atoms with Crippen molar-refractivity contribution in [2.24, 2.45) is 0 Å². The molecule has 7 heteroatoms. The maximum absolute atomic E-state index is 11.2. The number of carbonyl (C=O) groups is 1. The Labute approximate surface area is 134 Å². The van der Waals surface area contributed by atoms with Crippen LogP contribution in [-0.4, -0.2) is 34.2 Å². The first kappa shape index (κ1) is 16.5. The first-order chi connectivity index (χ1) is 11.0. The Kier molecular flexibility index (Phi) is 5.35. The molecule has 1 heterocycles. The summed E-state index contributed by atoms with van der Waals surface area (Å²) in [5.41, 5.74) is 0.0342. The molecule has 7 nitrogen and oxygen atoms in total. The molecule has 0 spiro atoms. The maximum atomic E-state index is 11.2. The summed E-state index contributed by atoms with van der Waals surface area (Å²) in [5.74, 6) is 0.999. The number of hydrogen-bond acceptors (Lipinski definition) is 6. The van der Waals surface area contributed by atoms with Crippen LogP contribution in [0.5, 0.6) is 11.5 Å². The first-order valence-corrected chi connectivity index (χ1v) is 7.12. The van der Waals surface area contributed by atoms with Crippen LogP contribution in [0, 0.1) is 0 Å². The van der Waals surface area contributed by atoms with Gasteiger partial charge in [0.25, 0.3) is 0 Å². The molecule has 0 saturated carbocycles. The lowest BCUT2D eigenvalue weighted by Crippen LogP contribution is -2.17. The molecule has 2 aromatic rings. The van der Waals surface area contributed by atoms with E-state index < -0.39 is 5.97 Å². The van der Waals surface area contributed by atoms with Crippen molar-refractivity contribution in [2.75, 3.05) is 12.4 Å². The highest BCUT2D eigenvalue weighted by Crippen LogP contribution is 2.18. The number of carboxylic acid groups (broad SMARTS) is 1. The number of methoxy groups -OCH3 is 1. The number of anilines is 1. The van der Waals surface area contributed by atoms with E-state index in [2.05, 4.69) is 15.3 Å². The van der Waals surface area contributed by atoms with Crippen LogP contribution in [0.3, 0.4) is 0 Å². The van der Waals surface area contributed by atoms with Crippen LogP contribution >= 0.6 is 0 Å². The third kappa shape index (κ3) is 4.57. The number of nitrogens with zero attached hydrogens (tertiary/aromatic N) is 2. The van der Waals surface area contributed by atoms with Gasteiger partial charge in [0.05, 0.1) is 7.11 Å². The minimum absolute atomic E-state index is 0.0342. The third-order valence-electron chi connectivity index (χ3n) is 2.92. The predicted molar refractivity (Wildman–Crippen MR) is 85.1 cm³/mol. The average Bonchev–Trinajstić information content (AvgIpc) is 2.52. The number of aromatic carboxylic acids is 1. The number of hydrogen-bond donors (Lipinski definition) is 2. The van der Waals surface area contributed by atoms with E-state index in [4.69, 9.17) is 14.6 Å². The van der Waals surface area contributed by atoms with Crippen molar-refractivity contribution < 1.29 is 19.4 Å². The molecular formula is C16H19N3O4. The monoisotopic (exact) mass is 317 g/mol. The number of ether oxygens (including phenoxy) is 2. The van der Waals surface area contributed by atoms with Crippen LogP contribution in [0.1, 0.15) is 30.0 Å². The van der Waals surface area contributed by atoms with Crippen molar-refractivity contribution in [1.29, 1.82) is 0 Å². The summed E-state index contributed by atoms with van der Waals surface area (Å²) in [6, 6.07) is 7.18. The first-order valence-electron chi connectivity index (χ1n) is 7.12. The Morgan fingerprint density at radius 1 is 1.26 bits per heavy atom. The van der Waals surface area contributed by atoms with Gasteiger partial charge in [0.15, 0.2) is 5.82 Å². The number of nitrogens with one attached hydrogen (secondary N) is 1. The van der Waals surface area contributed by atoms with Gasteiger partial charge in [-0.2, -0.15) is 0 Å². The van der Waals surface area contributed by atoms with Crippen molar-refractivity contribution in [3.05, 3.63) is 41.9 Å². The molecule has 0 radical (unpaired) electrons. The van der Waals surface area contributed by atoms with Gasteiger partial charge in [0.2, 0.25) is 0 Å². The van der Waals surface area contributed by atoms with Crippen LogP contribution in [0.15, 0.2) is 30.5 Å². The van der Waals surface area contributed by atoms with Gasteiger partial charge in [-0.25, -0.2) is 14.8 Å². The Balaban J connectivity index is 2.11. The fraction of sp³-hybridized carbons (Fsp3) is 0.312. The summed E-state index contributed by atoms with van der Waals surface area (Å²) in [5, 5.41) is 12.2. The lowest BCUT2D eigenvalue weighted by atomic mass is 10.3.